The summed E-state index contributed by atoms with van der Waals surface area (Å²) in [5.74, 6) is 0. The minimum Gasteiger partial charge on any atom is -0.397 e. The van der Waals surface area contributed by atoms with Crippen molar-refractivity contribution in [1.29, 1.82) is 0 Å². The van der Waals surface area contributed by atoms with Gasteiger partial charge in [-0.2, -0.15) is 0 Å². The molecular formula is C15H20N2S. The molecule has 0 aliphatic heterocycles. The maximum Gasteiger partial charge on any atom is 0.0600 e. The van der Waals surface area contributed by atoms with Crippen LogP contribution in [0.4, 0.5) is 11.4 Å². The molecule has 2 N–H and O–H groups in total. The highest BCUT2D eigenvalue weighted by Crippen LogP contribution is 2.26. The van der Waals surface area contributed by atoms with Crippen molar-refractivity contribution in [3.8, 4) is 0 Å². The summed E-state index contributed by atoms with van der Waals surface area (Å²) in [6.07, 6.45) is 1.07. The predicted octanol–water partition coefficient (Wildman–Crippen LogP) is 3.63. The summed E-state index contributed by atoms with van der Waals surface area (Å²) < 4.78 is 0. The summed E-state index contributed by atoms with van der Waals surface area (Å²) in [6.45, 7) is 5.22. The van der Waals surface area contributed by atoms with Crippen molar-refractivity contribution in [2.45, 2.75) is 20.3 Å². The minimum atomic E-state index is 0.867. The van der Waals surface area contributed by atoms with Crippen molar-refractivity contribution in [2.75, 3.05) is 24.2 Å². The van der Waals surface area contributed by atoms with Crippen LogP contribution in [0.2, 0.25) is 0 Å². The van der Waals surface area contributed by atoms with Crippen LogP contribution in [-0.2, 0) is 6.42 Å². The molecule has 96 valence electrons. The number of likely N-dealkylation sites (N-methyl/N-ethyl adjacent to an activating group) is 1. The summed E-state index contributed by atoms with van der Waals surface area (Å²) >= 11 is 1.81. The fourth-order valence-corrected chi connectivity index (χ4v) is 2.71. The zero-order valence-electron chi connectivity index (χ0n) is 11.2. The largest absolute Gasteiger partial charge is 0.397 e. The van der Waals surface area contributed by atoms with Gasteiger partial charge >= 0.3 is 0 Å². The van der Waals surface area contributed by atoms with Crippen LogP contribution in [0.1, 0.15) is 16.0 Å². The molecule has 0 radical (unpaired) electrons. The van der Waals surface area contributed by atoms with E-state index in [0.29, 0.717) is 0 Å². The van der Waals surface area contributed by atoms with Crippen molar-refractivity contribution >= 4 is 22.7 Å². The molecule has 0 unspecified atom stereocenters. The Morgan fingerprint density at radius 1 is 1.22 bits per heavy atom. The van der Waals surface area contributed by atoms with Crippen molar-refractivity contribution < 1.29 is 0 Å². The van der Waals surface area contributed by atoms with Gasteiger partial charge in [0.2, 0.25) is 0 Å². The van der Waals surface area contributed by atoms with Gasteiger partial charge in [-0.25, -0.2) is 0 Å². The zero-order chi connectivity index (χ0) is 13.1. The molecule has 2 rings (SSSR count). The molecule has 1 aromatic carbocycles. The number of anilines is 2. The molecule has 18 heavy (non-hydrogen) atoms. The van der Waals surface area contributed by atoms with E-state index in [1.165, 1.54) is 16.0 Å². The Labute approximate surface area is 113 Å². The number of benzene rings is 1. The lowest BCUT2D eigenvalue weighted by Gasteiger charge is -2.22. The first-order valence-electron chi connectivity index (χ1n) is 6.18. The van der Waals surface area contributed by atoms with Gasteiger partial charge in [-0.15, -0.1) is 11.3 Å². The second-order valence-corrected chi connectivity index (χ2v) is 5.78. The van der Waals surface area contributed by atoms with Crippen LogP contribution >= 0.6 is 11.3 Å². The van der Waals surface area contributed by atoms with Gasteiger partial charge in [-0.3, -0.25) is 0 Å². The van der Waals surface area contributed by atoms with E-state index < -0.39 is 0 Å². The molecule has 0 bridgehead atoms. The average Bonchev–Trinajstić information content (AvgIpc) is 2.84. The quantitative estimate of drug-likeness (QED) is 0.851. The molecule has 3 heteroatoms. The third-order valence-electron chi connectivity index (χ3n) is 3.33. The third-order valence-corrected chi connectivity index (χ3v) is 4.26. The van der Waals surface area contributed by atoms with Gasteiger partial charge in [0.1, 0.15) is 0 Å². The number of rotatable bonds is 4. The van der Waals surface area contributed by atoms with E-state index >= 15 is 0 Å². The SMILES string of the molecule is Cc1cc(N)c(N(C)CCc2cccs2)cc1C. The smallest absolute Gasteiger partial charge is 0.0600 e. The Balaban J connectivity index is 2.09. The number of nitrogen functional groups attached to an aromatic ring is 1. The van der Waals surface area contributed by atoms with Crippen LogP contribution in [0.3, 0.4) is 0 Å². The second-order valence-electron chi connectivity index (χ2n) is 4.75. The number of thiophene rings is 1. The summed E-state index contributed by atoms with van der Waals surface area (Å²) in [5.41, 5.74) is 10.6. The highest BCUT2D eigenvalue weighted by atomic mass is 32.1. The highest BCUT2D eigenvalue weighted by molar-refractivity contribution is 7.09. The molecule has 0 saturated heterocycles. The molecule has 0 spiro atoms. The molecular weight excluding hydrogens is 240 g/mol. The van der Waals surface area contributed by atoms with Crippen LogP contribution in [0, 0.1) is 13.8 Å². The second kappa shape index (κ2) is 5.44. The van der Waals surface area contributed by atoms with Crippen LogP contribution < -0.4 is 10.6 Å². The number of aryl methyl sites for hydroxylation is 2. The fourth-order valence-electron chi connectivity index (χ4n) is 2.01. The number of hydrogen-bond donors (Lipinski definition) is 1. The van der Waals surface area contributed by atoms with Gasteiger partial charge in [0, 0.05) is 18.5 Å². The van der Waals surface area contributed by atoms with Gasteiger partial charge in [0.15, 0.2) is 0 Å². The molecule has 0 fully saturated rings. The van der Waals surface area contributed by atoms with Crippen LogP contribution in [-0.4, -0.2) is 13.6 Å². The maximum absolute atomic E-state index is 6.10. The summed E-state index contributed by atoms with van der Waals surface area (Å²) in [6, 6.07) is 8.53. The lowest BCUT2D eigenvalue weighted by Crippen LogP contribution is -2.21. The van der Waals surface area contributed by atoms with E-state index in [0.717, 1.165) is 24.3 Å². The van der Waals surface area contributed by atoms with Crippen molar-refractivity contribution in [1.82, 2.24) is 0 Å². The van der Waals surface area contributed by atoms with Crippen molar-refractivity contribution in [3.05, 3.63) is 45.6 Å². The monoisotopic (exact) mass is 260 g/mol. The minimum absolute atomic E-state index is 0.867. The maximum atomic E-state index is 6.10. The van der Waals surface area contributed by atoms with Gasteiger partial charge in [-0.1, -0.05) is 6.07 Å². The Morgan fingerprint density at radius 3 is 2.61 bits per heavy atom. The van der Waals surface area contributed by atoms with E-state index in [9.17, 15) is 0 Å². The zero-order valence-corrected chi connectivity index (χ0v) is 12.1. The molecule has 2 aromatic rings. The van der Waals surface area contributed by atoms with Gasteiger partial charge in [-0.05, 0) is 55.0 Å². The summed E-state index contributed by atoms with van der Waals surface area (Å²) in [5, 5.41) is 2.12. The van der Waals surface area contributed by atoms with E-state index in [1.54, 1.807) is 0 Å². The number of hydrogen-bond acceptors (Lipinski definition) is 3. The van der Waals surface area contributed by atoms with E-state index in [4.69, 9.17) is 5.73 Å². The van der Waals surface area contributed by atoms with Crippen LogP contribution in [0.25, 0.3) is 0 Å². The molecule has 1 heterocycles. The standard InChI is InChI=1S/C15H20N2S/c1-11-9-14(16)15(10-12(11)2)17(3)7-6-13-5-4-8-18-13/h4-5,8-10H,6-7,16H2,1-3H3. The van der Waals surface area contributed by atoms with Crippen molar-refractivity contribution in [3.63, 3.8) is 0 Å². The third kappa shape index (κ3) is 2.85. The Kier molecular flexibility index (Phi) is 3.92. The average molecular weight is 260 g/mol. The number of nitrogens with zero attached hydrogens (tertiary/aromatic N) is 1. The molecule has 1 aromatic heterocycles. The Hall–Kier alpha value is -1.48. The number of nitrogens with two attached hydrogens (primary N) is 1. The first-order chi connectivity index (χ1) is 8.58. The van der Waals surface area contributed by atoms with E-state index in [-0.39, 0.29) is 0 Å². The van der Waals surface area contributed by atoms with E-state index in [1.807, 2.05) is 11.3 Å². The lowest BCUT2D eigenvalue weighted by molar-refractivity contribution is 0.887. The first kappa shape index (κ1) is 13.0. The molecule has 0 aliphatic carbocycles. The lowest BCUT2D eigenvalue weighted by atomic mass is 10.1. The van der Waals surface area contributed by atoms with Gasteiger partial charge < -0.3 is 10.6 Å². The normalized spacial score (nSPS) is 10.6. The molecule has 0 atom stereocenters. The molecule has 0 aliphatic rings. The Morgan fingerprint density at radius 2 is 1.94 bits per heavy atom. The highest BCUT2D eigenvalue weighted by Gasteiger charge is 2.07. The molecule has 2 nitrogen and oxygen atoms in total. The molecule has 0 saturated carbocycles. The summed E-state index contributed by atoms with van der Waals surface area (Å²) in [4.78, 5) is 3.66. The summed E-state index contributed by atoms with van der Waals surface area (Å²) in [7, 11) is 2.11. The fraction of sp³-hybridized carbons (Fsp3) is 0.333. The molecule has 0 amide bonds. The van der Waals surface area contributed by atoms with Crippen LogP contribution in [0.5, 0.6) is 0 Å². The topological polar surface area (TPSA) is 29.3 Å². The van der Waals surface area contributed by atoms with Crippen molar-refractivity contribution in [2.24, 2.45) is 0 Å². The van der Waals surface area contributed by atoms with Gasteiger partial charge in [0.05, 0.1) is 11.4 Å². The van der Waals surface area contributed by atoms with Crippen LogP contribution in [0.15, 0.2) is 29.6 Å². The van der Waals surface area contributed by atoms with E-state index in [2.05, 4.69) is 55.4 Å². The predicted molar refractivity (Wildman–Crippen MR) is 81.6 cm³/mol. The Bertz CT molecular complexity index is 518. The first-order valence-corrected chi connectivity index (χ1v) is 7.06. The van der Waals surface area contributed by atoms with Gasteiger partial charge in [0.25, 0.3) is 0 Å².